The molecule has 3 nitrogen and oxygen atoms in total. The molecule has 87 valence electrons. The van der Waals surface area contributed by atoms with E-state index in [2.05, 4.69) is 0 Å². The van der Waals surface area contributed by atoms with Crippen molar-refractivity contribution in [3.63, 3.8) is 0 Å². The SMILES string of the molecule is Br.CC(C)[O][Zr]([O]C(C)C)[O]C(C)C. The summed E-state index contributed by atoms with van der Waals surface area (Å²) in [5.41, 5.74) is 0. The number of hydrogen-bond donors (Lipinski definition) is 0. The minimum atomic E-state index is -2.48. The molecular weight excluding hydrogens is 327 g/mol. The summed E-state index contributed by atoms with van der Waals surface area (Å²) in [7, 11) is 0. The van der Waals surface area contributed by atoms with Crippen LogP contribution in [0.1, 0.15) is 41.5 Å². The number of halogens is 1. The van der Waals surface area contributed by atoms with E-state index in [4.69, 9.17) is 8.44 Å². The van der Waals surface area contributed by atoms with Crippen LogP contribution >= 0.6 is 17.0 Å². The molecule has 0 aromatic carbocycles. The van der Waals surface area contributed by atoms with Gasteiger partial charge in [0.1, 0.15) is 0 Å². The van der Waals surface area contributed by atoms with E-state index in [1.54, 1.807) is 0 Å². The molecule has 0 spiro atoms. The van der Waals surface area contributed by atoms with Gasteiger partial charge in [0.25, 0.3) is 0 Å². The molecule has 0 fully saturated rings. The first kappa shape index (κ1) is 17.6. The van der Waals surface area contributed by atoms with Gasteiger partial charge in [-0.15, -0.1) is 17.0 Å². The molecule has 0 aliphatic heterocycles. The quantitative estimate of drug-likeness (QED) is 0.737. The van der Waals surface area contributed by atoms with Gasteiger partial charge in [0.05, 0.1) is 0 Å². The van der Waals surface area contributed by atoms with Crippen LogP contribution < -0.4 is 0 Å². The zero-order chi connectivity index (χ0) is 10.4. The molecule has 0 heterocycles. The van der Waals surface area contributed by atoms with Crippen LogP contribution in [0, 0.1) is 0 Å². The second-order valence-corrected chi connectivity index (χ2v) is 6.72. The van der Waals surface area contributed by atoms with E-state index in [1.807, 2.05) is 41.5 Å². The predicted molar refractivity (Wildman–Crippen MR) is 59.0 cm³/mol. The summed E-state index contributed by atoms with van der Waals surface area (Å²) < 4.78 is 16.9. The Morgan fingerprint density at radius 3 is 1.00 bits per heavy atom. The van der Waals surface area contributed by atoms with Gasteiger partial charge in [0.2, 0.25) is 0 Å². The van der Waals surface area contributed by atoms with Gasteiger partial charge in [-0.25, -0.2) is 0 Å². The molecule has 0 amide bonds. The average molecular weight is 349 g/mol. The average Bonchev–Trinajstić information content (AvgIpc) is 1.80. The molecule has 0 saturated carbocycles. The third-order valence-electron chi connectivity index (χ3n) is 0.996. The van der Waals surface area contributed by atoms with Crippen molar-refractivity contribution in [1.29, 1.82) is 0 Å². The summed E-state index contributed by atoms with van der Waals surface area (Å²) in [6, 6.07) is 0. The Hall–Kier alpha value is 1.24. The van der Waals surface area contributed by atoms with E-state index in [-0.39, 0.29) is 35.3 Å². The Labute approximate surface area is 108 Å². The predicted octanol–water partition coefficient (Wildman–Crippen LogP) is 3.20. The van der Waals surface area contributed by atoms with Crippen LogP contribution in [0.3, 0.4) is 0 Å². The van der Waals surface area contributed by atoms with Crippen molar-refractivity contribution in [2.24, 2.45) is 0 Å². The number of hydrogen-bond acceptors (Lipinski definition) is 3. The second kappa shape index (κ2) is 9.47. The molecule has 0 aromatic heterocycles. The fourth-order valence-electron chi connectivity index (χ4n) is 0.661. The maximum absolute atomic E-state index is 5.62. The Balaban J connectivity index is 0. The standard InChI is InChI=1S/3C3H7O.BrH.Zr/c3*1-3(2)4;;/h3*3H,1-2H3;1H;/q3*-1;;+3. The zero-order valence-electron chi connectivity index (χ0n) is 9.87. The normalized spacial score (nSPS) is 10.9. The van der Waals surface area contributed by atoms with E-state index in [0.717, 1.165) is 0 Å². The molecule has 0 aliphatic rings. The zero-order valence-corrected chi connectivity index (χ0v) is 14.0. The van der Waals surface area contributed by atoms with Gasteiger partial charge in [-0.2, -0.15) is 0 Å². The minimum absolute atomic E-state index is 0. The molecule has 0 bridgehead atoms. The van der Waals surface area contributed by atoms with Crippen molar-refractivity contribution < 1.29 is 31.5 Å². The Morgan fingerprint density at radius 2 is 0.857 bits per heavy atom. The van der Waals surface area contributed by atoms with E-state index >= 15 is 0 Å². The van der Waals surface area contributed by atoms with E-state index in [0.29, 0.717) is 0 Å². The first-order chi connectivity index (χ1) is 5.91. The second-order valence-electron chi connectivity index (χ2n) is 3.75. The molecule has 0 radical (unpaired) electrons. The van der Waals surface area contributed by atoms with E-state index in [9.17, 15) is 0 Å². The van der Waals surface area contributed by atoms with Gasteiger partial charge in [-0.3, -0.25) is 0 Å². The summed E-state index contributed by atoms with van der Waals surface area (Å²) in [6.45, 7) is 12.0. The Morgan fingerprint density at radius 1 is 0.643 bits per heavy atom. The third-order valence-corrected chi connectivity index (χ3v) is 5.89. The van der Waals surface area contributed by atoms with Crippen LogP contribution in [0.5, 0.6) is 0 Å². The van der Waals surface area contributed by atoms with Crippen LogP contribution in [0.15, 0.2) is 0 Å². The molecule has 0 aliphatic carbocycles. The van der Waals surface area contributed by atoms with Crippen LogP contribution in [0.25, 0.3) is 0 Å². The van der Waals surface area contributed by atoms with E-state index < -0.39 is 23.1 Å². The fraction of sp³-hybridized carbons (Fsp3) is 1.00. The van der Waals surface area contributed by atoms with Gasteiger partial charge in [-0.05, 0) is 0 Å². The monoisotopic (exact) mass is 347 g/mol. The molecule has 0 atom stereocenters. The Kier molecular flexibility index (Phi) is 11.9. The molecule has 5 heteroatoms. The van der Waals surface area contributed by atoms with Gasteiger partial charge in [-0.1, -0.05) is 0 Å². The topological polar surface area (TPSA) is 27.7 Å². The molecule has 0 unspecified atom stereocenters. The van der Waals surface area contributed by atoms with Gasteiger partial charge in [0, 0.05) is 0 Å². The van der Waals surface area contributed by atoms with Crippen molar-refractivity contribution in [2.75, 3.05) is 0 Å². The molecule has 0 aromatic rings. The molecule has 0 rings (SSSR count). The molecular formula is C9H22BrO3Zr. The van der Waals surface area contributed by atoms with Crippen molar-refractivity contribution in [3.05, 3.63) is 0 Å². The first-order valence-corrected chi connectivity index (χ1v) is 7.79. The van der Waals surface area contributed by atoms with Crippen LogP contribution in [0.4, 0.5) is 0 Å². The summed E-state index contributed by atoms with van der Waals surface area (Å²) >= 11 is -2.48. The third kappa shape index (κ3) is 11.3. The van der Waals surface area contributed by atoms with Crippen molar-refractivity contribution in [3.8, 4) is 0 Å². The van der Waals surface area contributed by atoms with Crippen LogP contribution in [-0.4, -0.2) is 18.3 Å². The van der Waals surface area contributed by atoms with Crippen molar-refractivity contribution >= 4 is 17.0 Å². The summed E-state index contributed by atoms with van der Waals surface area (Å²) in [4.78, 5) is 0. The number of rotatable bonds is 6. The van der Waals surface area contributed by atoms with Gasteiger partial charge >= 0.3 is 91.4 Å². The summed E-state index contributed by atoms with van der Waals surface area (Å²) in [5.74, 6) is 0. The van der Waals surface area contributed by atoms with E-state index in [1.165, 1.54) is 0 Å². The maximum atomic E-state index is 5.62. The van der Waals surface area contributed by atoms with Crippen LogP contribution in [0.2, 0.25) is 0 Å². The molecule has 0 saturated heterocycles. The summed E-state index contributed by atoms with van der Waals surface area (Å²) in [5, 5.41) is 0. The molecule has 0 N–H and O–H groups in total. The Bertz CT molecular complexity index is 107. The van der Waals surface area contributed by atoms with Gasteiger partial charge < -0.3 is 0 Å². The van der Waals surface area contributed by atoms with Crippen molar-refractivity contribution in [2.45, 2.75) is 59.9 Å². The van der Waals surface area contributed by atoms with Gasteiger partial charge in [0.15, 0.2) is 0 Å². The van der Waals surface area contributed by atoms with Crippen molar-refractivity contribution in [1.82, 2.24) is 0 Å². The van der Waals surface area contributed by atoms with Crippen LogP contribution in [-0.2, 0) is 31.5 Å². The summed E-state index contributed by atoms with van der Waals surface area (Å²) in [6.07, 6.45) is 0.602. The molecule has 14 heavy (non-hydrogen) atoms. The fourth-order valence-corrected chi connectivity index (χ4v) is 3.91. The first-order valence-electron chi connectivity index (χ1n) is 4.78.